The van der Waals surface area contributed by atoms with Gasteiger partial charge in [-0.15, -0.1) is 5.10 Å². The second-order valence-corrected chi connectivity index (χ2v) is 9.97. The summed E-state index contributed by atoms with van der Waals surface area (Å²) in [4.78, 5) is 17.7. The number of nitrogens with zero attached hydrogens (tertiary/aromatic N) is 3. The molecule has 1 aromatic heterocycles. The van der Waals surface area contributed by atoms with E-state index in [0.29, 0.717) is 38.2 Å². The molecule has 1 aliphatic heterocycles. The standard InChI is InChI=1S/C26H26Cl2N4O3S/c1-4-11-34-24(33)22-16(3)29-25-30-26(36-12-5-2)31-32(25)23(22)17-7-6-8-20(13-17)35-15-18-9-10-19(27)14-21(18)28/h4,6-10,13-14,23H,1,5,11-12,15H2,2-3H3,(H,29,30,31). The van der Waals surface area contributed by atoms with Gasteiger partial charge in [-0.05, 0) is 43.2 Å². The van der Waals surface area contributed by atoms with Crippen molar-refractivity contribution < 1.29 is 14.3 Å². The van der Waals surface area contributed by atoms with Gasteiger partial charge in [0.2, 0.25) is 11.1 Å². The highest BCUT2D eigenvalue weighted by Gasteiger charge is 2.35. The van der Waals surface area contributed by atoms with Crippen molar-refractivity contribution in [2.24, 2.45) is 0 Å². The molecule has 0 fully saturated rings. The van der Waals surface area contributed by atoms with Crippen LogP contribution < -0.4 is 10.1 Å². The number of fused-ring (bicyclic) bond motifs is 1. The van der Waals surface area contributed by atoms with Crippen LogP contribution in [0.15, 0.2) is 71.5 Å². The number of benzene rings is 2. The molecule has 0 saturated heterocycles. The van der Waals surface area contributed by atoms with E-state index in [1.165, 1.54) is 6.08 Å². The van der Waals surface area contributed by atoms with E-state index in [2.05, 4.69) is 23.8 Å². The van der Waals surface area contributed by atoms with Crippen LogP contribution in [0.5, 0.6) is 5.75 Å². The summed E-state index contributed by atoms with van der Waals surface area (Å²) >= 11 is 13.9. The van der Waals surface area contributed by atoms with Crippen molar-refractivity contribution in [3.8, 4) is 5.75 Å². The molecule has 4 rings (SSSR count). The van der Waals surface area contributed by atoms with Gasteiger partial charge in [-0.1, -0.05) is 72.7 Å². The third-order valence-corrected chi connectivity index (χ3v) is 7.03. The van der Waals surface area contributed by atoms with Crippen LogP contribution >= 0.6 is 35.0 Å². The fourth-order valence-electron chi connectivity index (χ4n) is 3.75. The van der Waals surface area contributed by atoms with Crippen molar-refractivity contribution in [3.63, 3.8) is 0 Å². The Labute approximate surface area is 224 Å². The number of anilines is 1. The number of esters is 1. The van der Waals surface area contributed by atoms with Crippen molar-refractivity contribution in [1.82, 2.24) is 14.8 Å². The minimum Gasteiger partial charge on any atom is -0.489 e. The molecule has 1 N–H and O–H groups in total. The monoisotopic (exact) mass is 544 g/mol. The van der Waals surface area contributed by atoms with Crippen LogP contribution in [-0.2, 0) is 16.1 Å². The lowest BCUT2D eigenvalue weighted by molar-refractivity contribution is -0.138. The van der Waals surface area contributed by atoms with E-state index in [9.17, 15) is 4.79 Å². The molecule has 0 amide bonds. The van der Waals surface area contributed by atoms with Crippen LogP contribution in [0.4, 0.5) is 5.95 Å². The number of allylic oxidation sites excluding steroid dienone is 1. The van der Waals surface area contributed by atoms with Crippen LogP contribution in [0.2, 0.25) is 10.0 Å². The summed E-state index contributed by atoms with van der Waals surface area (Å²) in [5.74, 6) is 1.63. The molecule has 0 bridgehead atoms. The highest BCUT2D eigenvalue weighted by atomic mass is 35.5. The van der Waals surface area contributed by atoms with E-state index in [1.807, 2.05) is 37.3 Å². The Morgan fingerprint density at radius 3 is 2.86 bits per heavy atom. The van der Waals surface area contributed by atoms with Gasteiger partial charge in [-0.25, -0.2) is 9.48 Å². The molecule has 188 valence electrons. The number of carbonyl (C=O) groups excluding carboxylic acids is 1. The van der Waals surface area contributed by atoms with Gasteiger partial charge in [0.05, 0.1) is 5.57 Å². The fourth-order valence-corrected chi connectivity index (χ4v) is 4.89. The molecular formula is C26H26Cl2N4O3S. The lowest BCUT2D eigenvalue weighted by Gasteiger charge is -2.28. The third kappa shape index (κ3) is 5.88. The SMILES string of the molecule is C=CCOC(=O)C1=C(C)Nc2nc(SCCC)nn2C1c1cccc(OCc2ccc(Cl)cc2Cl)c1. The predicted molar refractivity (Wildman–Crippen MR) is 144 cm³/mol. The Hall–Kier alpha value is -2.94. The van der Waals surface area contributed by atoms with E-state index < -0.39 is 12.0 Å². The van der Waals surface area contributed by atoms with E-state index >= 15 is 0 Å². The first kappa shape index (κ1) is 26.1. The van der Waals surface area contributed by atoms with Crippen molar-refractivity contribution in [1.29, 1.82) is 0 Å². The second-order valence-electron chi connectivity index (χ2n) is 8.06. The largest absolute Gasteiger partial charge is 0.489 e. The van der Waals surface area contributed by atoms with Gasteiger partial charge in [0.1, 0.15) is 25.0 Å². The number of nitrogens with one attached hydrogen (secondary N) is 1. The van der Waals surface area contributed by atoms with Gasteiger partial charge in [-0.2, -0.15) is 4.98 Å². The Morgan fingerprint density at radius 1 is 1.28 bits per heavy atom. The zero-order valence-corrected chi connectivity index (χ0v) is 22.3. The lowest BCUT2D eigenvalue weighted by Crippen LogP contribution is -2.29. The molecule has 7 nitrogen and oxygen atoms in total. The smallest absolute Gasteiger partial charge is 0.338 e. The van der Waals surface area contributed by atoms with Gasteiger partial charge < -0.3 is 14.8 Å². The number of ether oxygens (including phenoxy) is 2. The van der Waals surface area contributed by atoms with E-state index in [4.69, 9.17) is 37.8 Å². The van der Waals surface area contributed by atoms with E-state index in [-0.39, 0.29) is 13.2 Å². The molecule has 2 heterocycles. The first-order valence-corrected chi connectivity index (χ1v) is 13.2. The summed E-state index contributed by atoms with van der Waals surface area (Å²) in [6.45, 7) is 7.94. The van der Waals surface area contributed by atoms with E-state index in [0.717, 1.165) is 23.3 Å². The van der Waals surface area contributed by atoms with Crippen LogP contribution in [0.3, 0.4) is 0 Å². The normalized spacial score (nSPS) is 14.7. The van der Waals surface area contributed by atoms with Gasteiger partial charge in [-0.3, -0.25) is 0 Å². The molecule has 0 saturated carbocycles. The molecule has 0 radical (unpaired) electrons. The number of carbonyl (C=O) groups is 1. The molecule has 1 atom stereocenters. The van der Waals surface area contributed by atoms with Crippen molar-refractivity contribution in [3.05, 3.63) is 87.6 Å². The number of hydrogen-bond acceptors (Lipinski definition) is 7. The minimum absolute atomic E-state index is 0.106. The average Bonchev–Trinajstić information content (AvgIpc) is 3.27. The molecule has 0 aliphatic carbocycles. The van der Waals surface area contributed by atoms with Crippen molar-refractivity contribution in [2.75, 3.05) is 17.7 Å². The maximum absolute atomic E-state index is 13.1. The average molecular weight is 545 g/mol. The maximum atomic E-state index is 13.1. The zero-order chi connectivity index (χ0) is 25.7. The molecule has 36 heavy (non-hydrogen) atoms. The predicted octanol–water partition coefficient (Wildman–Crippen LogP) is 6.68. The number of thioether (sulfide) groups is 1. The Bertz CT molecular complexity index is 1310. The van der Waals surface area contributed by atoms with Gasteiger partial charge in [0.15, 0.2) is 0 Å². The van der Waals surface area contributed by atoms with Crippen molar-refractivity contribution in [2.45, 2.75) is 38.1 Å². The van der Waals surface area contributed by atoms with E-state index in [1.54, 1.807) is 28.6 Å². The molecule has 1 unspecified atom stereocenters. The van der Waals surface area contributed by atoms with Crippen LogP contribution in [0.25, 0.3) is 0 Å². The van der Waals surface area contributed by atoms with Crippen LogP contribution in [-0.4, -0.2) is 33.1 Å². The number of halogens is 2. The Kier molecular flexibility index (Phi) is 8.61. The highest BCUT2D eigenvalue weighted by Crippen LogP contribution is 2.38. The Morgan fingerprint density at radius 2 is 2.11 bits per heavy atom. The topological polar surface area (TPSA) is 78.3 Å². The van der Waals surface area contributed by atoms with Gasteiger partial charge >= 0.3 is 5.97 Å². The van der Waals surface area contributed by atoms with Crippen LogP contribution in [0.1, 0.15) is 37.4 Å². The maximum Gasteiger partial charge on any atom is 0.338 e. The summed E-state index contributed by atoms with van der Waals surface area (Å²) in [6.07, 6.45) is 2.54. The summed E-state index contributed by atoms with van der Waals surface area (Å²) in [5, 5.41) is 9.66. The number of rotatable bonds is 10. The summed E-state index contributed by atoms with van der Waals surface area (Å²) in [5.41, 5.74) is 2.72. The molecule has 2 aromatic carbocycles. The quantitative estimate of drug-likeness (QED) is 0.173. The lowest BCUT2D eigenvalue weighted by atomic mass is 9.95. The summed E-state index contributed by atoms with van der Waals surface area (Å²) < 4.78 is 13.2. The minimum atomic E-state index is -0.551. The first-order chi connectivity index (χ1) is 17.4. The van der Waals surface area contributed by atoms with Gasteiger partial charge in [0.25, 0.3) is 0 Å². The summed E-state index contributed by atoms with van der Waals surface area (Å²) in [6, 6.07) is 12.3. The third-order valence-electron chi connectivity index (χ3n) is 5.40. The molecule has 0 spiro atoms. The molecule has 3 aromatic rings. The first-order valence-electron chi connectivity index (χ1n) is 11.4. The fraction of sp³-hybridized carbons (Fsp3) is 0.269. The van der Waals surface area contributed by atoms with Gasteiger partial charge in [0, 0.05) is 27.1 Å². The highest BCUT2D eigenvalue weighted by molar-refractivity contribution is 7.99. The van der Waals surface area contributed by atoms with Crippen LogP contribution in [0, 0.1) is 0 Å². The second kappa shape index (κ2) is 11.9. The zero-order valence-electron chi connectivity index (χ0n) is 20.0. The van der Waals surface area contributed by atoms with Crippen molar-refractivity contribution >= 4 is 46.9 Å². The summed E-state index contributed by atoms with van der Waals surface area (Å²) in [7, 11) is 0. The molecule has 10 heteroatoms. The number of aromatic nitrogens is 3. The Balaban J connectivity index is 1.68. The molecular weight excluding hydrogens is 519 g/mol. The molecule has 1 aliphatic rings. The number of hydrogen-bond donors (Lipinski definition) is 1.